The van der Waals surface area contributed by atoms with E-state index in [0.29, 0.717) is 17.8 Å². The number of hydrogen-bond donors (Lipinski definition) is 0. The Balaban J connectivity index is 1.90. The number of halogens is 1. The van der Waals surface area contributed by atoms with Crippen molar-refractivity contribution in [1.82, 2.24) is 14.5 Å². The Morgan fingerprint density at radius 3 is 2.77 bits per heavy atom. The first-order valence-corrected chi connectivity index (χ1v) is 6.78. The molecule has 2 heterocycles. The van der Waals surface area contributed by atoms with Gasteiger partial charge in [-0.2, -0.15) is 0 Å². The predicted octanol–water partition coefficient (Wildman–Crippen LogP) is 0.954. The first-order chi connectivity index (χ1) is 10.6. The van der Waals surface area contributed by atoms with E-state index < -0.39 is 5.82 Å². The van der Waals surface area contributed by atoms with E-state index >= 15 is 0 Å². The topological polar surface area (TPSA) is 64.4 Å². The van der Waals surface area contributed by atoms with Gasteiger partial charge in [0, 0.05) is 12.6 Å². The third-order valence-electron chi connectivity index (χ3n) is 3.49. The van der Waals surface area contributed by atoms with E-state index in [9.17, 15) is 14.0 Å². The fraction of sp³-hybridized carbons (Fsp3) is 0.267. The average Bonchev–Trinajstić information content (AvgIpc) is 2.74. The molecule has 1 aromatic carbocycles. The van der Waals surface area contributed by atoms with Crippen LogP contribution in [0.4, 0.5) is 4.39 Å². The van der Waals surface area contributed by atoms with E-state index in [0.717, 1.165) is 0 Å². The standard InChI is InChI=1S/C15H14FN3O3/c1-18-9-17-12-8-19(6-7-22-13(12)15(18)21)14(20)10-2-4-11(16)5-3-10/h2-5,9H,6-8H2,1H3. The number of aryl methyl sites for hydroxylation is 1. The highest BCUT2D eigenvalue weighted by Crippen LogP contribution is 2.18. The number of ether oxygens (including phenoxy) is 1. The van der Waals surface area contributed by atoms with Crippen LogP contribution in [0.5, 0.6) is 5.75 Å². The van der Waals surface area contributed by atoms with E-state index in [2.05, 4.69) is 4.98 Å². The zero-order chi connectivity index (χ0) is 15.7. The van der Waals surface area contributed by atoms with Crippen LogP contribution < -0.4 is 10.3 Å². The molecule has 0 fully saturated rings. The molecule has 0 spiro atoms. The summed E-state index contributed by atoms with van der Waals surface area (Å²) >= 11 is 0. The van der Waals surface area contributed by atoms with Crippen molar-refractivity contribution in [3.05, 3.63) is 58.0 Å². The summed E-state index contributed by atoms with van der Waals surface area (Å²) in [6.45, 7) is 0.720. The molecule has 0 saturated carbocycles. The van der Waals surface area contributed by atoms with Gasteiger partial charge in [0.05, 0.1) is 19.4 Å². The van der Waals surface area contributed by atoms with Crippen molar-refractivity contribution < 1.29 is 13.9 Å². The van der Waals surface area contributed by atoms with Crippen LogP contribution in [-0.4, -0.2) is 33.5 Å². The predicted molar refractivity (Wildman–Crippen MR) is 76.1 cm³/mol. The van der Waals surface area contributed by atoms with Crippen LogP contribution in [0.25, 0.3) is 0 Å². The second-order valence-corrected chi connectivity index (χ2v) is 5.02. The lowest BCUT2D eigenvalue weighted by atomic mass is 10.2. The minimum atomic E-state index is -0.397. The third-order valence-corrected chi connectivity index (χ3v) is 3.49. The summed E-state index contributed by atoms with van der Waals surface area (Å²) in [6, 6.07) is 5.34. The lowest BCUT2D eigenvalue weighted by Crippen LogP contribution is -2.32. The van der Waals surface area contributed by atoms with Gasteiger partial charge in [0.2, 0.25) is 5.75 Å². The molecule has 0 N–H and O–H groups in total. The molecule has 22 heavy (non-hydrogen) atoms. The second-order valence-electron chi connectivity index (χ2n) is 5.02. The molecular formula is C15H14FN3O3. The molecule has 1 aromatic heterocycles. The number of benzene rings is 1. The molecular weight excluding hydrogens is 289 g/mol. The van der Waals surface area contributed by atoms with Gasteiger partial charge < -0.3 is 9.64 Å². The first kappa shape index (κ1) is 14.2. The molecule has 0 bridgehead atoms. The summed E-state index contributed by atoms with van der Waals surface area (Å²) in [6.07, 6.45) is 1.40. The normalized spacial score (nSPS) is 14.0. The summed E-state index contributed by atoms with van der Waals surface area (Å²) in [5, 5.41) is 0. The summed E-state index contributed by atoms with van der Waals surface area (Å²) in [7, 11) is 1.59. The molecule has 0 radical (unpaired) electrons. The van der Waals surface area contributed by atoms with Crippen LogP contribution in [0.15, 0.2) is 35.4 Å². The van der Waals surface area contributed by atoms with Gasteiger partial charge in [-0.05, 0) is 24.3 Å². The van der Waals surface area contributed by atoms with Crippen LogP contribution in [0, 0.1) is 5.82 Å². The first-order valence-electron chi connectivity index (χ1n) is 6.78. The zero-order valence-corrected chi connectivity index (χ0v) is 12.0. The Hall–Kier alpha value is -2.70. The van der Waals surface area contributed by atoms with Crippen molar-refractivity contribution in [2.75, 3.05) is 13.2 Å². The molecule has 2 aromatic rings. The maximum Gasteiger partial charge on any atom is 0.295 e. The third kappa shape index (κ3) is 2.57. The maximum absolute atomic E-state index is 12.9. The fourth-order valence-corrected chi connectivity index (χ4v) is 2.27. The monoisotopic (exact) mass is 303 g/mol. The number of carbonyl (C=O) groups excluding carboxylic acids is 1. The van der Waals surface area contributed by atoms with Gasteiger partial charge in [-0.25, -0.2) is 9.37 Å². The number of aromatic nitrogens is 2. The Morgan fingerprint density at radius 2 is 2.05 bits per heavy atom. The lowest BCUT2D eigenvalue weighted by molar-refractivity contribution is 0.0732. The molecule has 0 unspecified atom stereocenters. The summed E-state index contributed by atoms with van der Waals surface area (Å²) in [5.41, 5.74) is 0.533. The molecule has 0 aliphatic carbocycles. The van der Waals surface area contributed by atoms with Gasteiger partial charge in [0.15, 0.2) is 0 Å². The van der Waals surface area contributed by atoms with Gasteiger partial charge in [0.25, 0.3) is 11.5 Å². The van der Waals surface area contributed by atoms with E-state index in [1.54, 1.807) is 7.05 Å². The van der Waals surface area contributed by atoms with E-state index in [1.165, 1.54) is 40.1 Å². The summed E-state index contributed by atoms with van der Waals surface area (Å²) in [5.74, 6) is -0.468. The number of nitrogens with zero attached hydrogens (tertiary/aromatic N) is 3. The minimum absolute atomic E-state index is 0.180. The highest BCUT2D eigenvalue weighted by molar-refractivity contribution is 5.94. The molecule has 1 aliphatic rings. The summed E-state index contributed by atoms with van der Waals surface area (Å²) in [4.78, 5) is 30.2. The molecule has 0 atom stereocenters. The van der Waals surface area contributed by atoms with Crippen molar-refractivity contribution in [1.29, 1.82) is 0 Å². The number of hydrogen-bond acceptors (Lipinski definition) is 4. The minimum Gasteiger partial charge on any atom is -0.485 e. The molecule has 114 valence electrons. The smallest absolute Gasteiger partial charge is 0.295 e. The second kappa shape index (κ2) is 5.59. The average molecular weight is 303 g/mol. The van der Waals surface area contributed by atoms with Gasteiger partial charge >= 0.3 is 0 Å². The number of rotatable bonds is 1. The van der Waals surface area contributed by atoms with Gasteiger partial charge in [-0.3, -0.25) is 14.2 Å². The highest BCUT2D eigenvalue weighted by atomic mass is 19.1. The van der Waals surface area contributed by atoms with Crippen LogP contribution in [-0.2, 0) is 13.6 Å². The van der Waals surface area contributed by atoms with Crippen LogP contribution >= 0.6 is 0 Å². The van der Waals surface area contributed by atoms with E-state index in [4.69, 9.17) is 4.74 Å². The van der Waals surface area contributed by atoms with E-state index in [-0.39, 0.29) is 30.4 Å². The zero-order valence-electron chi connectivity index (χ0n) is 12.0. The summed E-state index contributed by atoms with van der Waals surface area (Å²) < 4.78 is 19.7. The molecule has 1 amide bonds. The number of fused-ring (bicyclic) bond motifs is 1. The maximum atomic E-state index is 12.9. The van der Waals surface area contributed by atoms with Crippen molar-refractivity contribution in [2.24, 2.45) is 7.05 Å². The van der Waals surface area contributed by atoms with Crippen molar-refractivity contribution in [3.63, 3.8) is 0 Å². The lowest BCUT2D eigenvalue weighted by Gasteiger charge is -2.19. The highest BCUT2D eigenvalue weighted by Gasteiger charge is 2.24. The van der Waals surface area contributed by atoms with Gasteiger partial charge in [-0.1, -0.05) is 0 Å². The molecule has 6 nitrogen and oxygen atoms in total. The van der Waals surface area contributed by atoms with Crippen LogP contribution in [0.3, 0.4) is 0 Å². The Bertz CT molecular complexity index is 771. The van der Waals surface area contributed by atoms with Crippen molar-refractivity contribution in [3.8, 4) is 5.75 Å². The largest absolute Gasteiger partial charge is 0.485 e. The van der Waals surface area contributed by atoms with E-state index in [1.807, 2.05) is 0 Å². The number of amides is 1. The quantitative estimate of drug-likeness (QED) is 0.787. The van der Waals surface area contributed by atoms with Crippen LogP contribution in [0.1, 0.15) is 16.1 Å². The Kier molecular flexibility index (Phi) is 3.62. The fourth-order valence-electron chi connectivity index (χ4n) is 2.27. The molecule has 3 rings (SSSR count). The molecule has 1 aliphatic heterocycles. The Labute approximate surface area is 125 Å². The van der Waals surface area contributed by atoms with Crippen LogP contribution in [0.2, 0.25) is 0 Å². The SMILES string of the molecule is Cn1cnc2c(c1=O)OCCN(C(=O)c1ccc(F)cc1)C2. The van der Waals surface area contributed by atoms with Gasteiger partial charge in [-0.15, -0.1) is 0 Å². The van der Waals surface area contributed by atoms with Crippen molar-refractivity contribution >= 4 is 5.91 Å². The number of carbonyl (C=O) groups is 1. The van der Waals surface area contributed by atoms with Crippen molar-refractivity contribution in [2.45, 2.75) is 6.54 Å². The molecule has 0 saturated heterocycles. The Morgan fingerprint density at radius 1 is 1.32 bits per heavy atom. The van der Waals surface area contributed by atoms with Gasteiger partial charge in [0.1, 0.15) is 18.1 Å². The molecule has 7 heteroatoms.